The number of likely N-dealkylation sites (tertiary alicyclic amines) is 1. The van der Waals surface area contributed by atoms with E-state index in [2.05, 4.69) is 50.8 Å². The van der Waals surface area contributed by atoms with Crippen molar-refractivity contribution in [3.8, 4) is 0 Å². The number of nitrogens with zero attached hydrogens (tertiary/aromatic N) is 1. The molecule has 112 valence electrons. The summed E-state index contributed by atoms with van der Waals surface area (Å²) in [5, 5.41) is 0. The normalized spacial score (nSPS) is 24.9. The van der Waals surface area contributed by atoms with E-state index in [1.165, 1.54) is 36.1 Å². The standard InChI is InChI=1S/C18H30N2/c1-13(2)12-20-8-6-5-7-17(19)18(20)16-10-14(3)9-15(4)11-16/h9-11,13,17-18H,5-8,12,19H2,1-4H3. The van der Waals surface area contributed by atoms with E-state index in [0.29, 0.717) is 12.0 Å². The molecule has 1 aromatic rings. The fraction of sp³-hybridized carbons (Fsp3) is 0.667. The molecule has 2 nitrogen and oxygen atoms in total. The summed E-state index contributed by atoms with van der Waals surface area (Å²) >= 11 is 0. The van der Waals surface area contributed by atoms with Gasteiger partial charge in [0.1, 0.15) is 0 Å². The van der Waals surface area contributed by atoms with Crippen LogP contribution in [0.5, 0.6) is 0 Å². The first kappa shape index (κ1) is 15.5. The summed E-state index contributed by atoms with van der Waals surface area (Å²) in [7, 11) is 0. The van der Waals surface area contributed by atoms with E-state index in [1.807, 2.05) is 0 Å². The van der Waals surface area contributed by atoms with Crippen LogP contribution in [0.25, 0.3) is 0 Å². The fourth-order valence-electron chi connectivity index (χ4n) is 3.58. The quantitative estimate of drug-likeness (QED) is 0.908. The summed E-state index contributed by atoms with van der Waals surface area (Å²) in [4.78, 5) is 2.62. The Bertz CT molecular complexity index is 419. The largest absolute Gasteiger partial charge is 0.326 e. The van der Waals surface area contributed by atoms with Crippen LogP contribution < -0.4 is 5.73 Å². The second-order valence-electron chi connectivity index (χ2n) is 6.91. The lowest BCUT2D eigenvalue weighted by Gasteiger charge is -2.35. The summed E-state index contributed by atoms with van der Waals surface area (Å²) < 4.78 is 0. The van der Waals surface area contributed by atoms with E-state index in [0.717, 1.165) is 13.0 Å². The highest BCUT2D eigenvalue weighted by Gasteiger charge is 2.29. The number of rotatable bonds is 3. The van der Waals surface area contributed by atoms with Crippen molar-refractivity contribution in [1.29, 1.82) is 0 Å². The second kappa shape index (κ2) is 6.73. The van der Waals surface area contributed by atoms with Gasteiger partial charge in [-0.05, 0) is 44.7 Å². The zero-order chi connectivity index (χ0) is 14.7. The van der Waals surface area contributed by atoms with Crippen molar-refractivity contribution in [1.82, 2.24) is 4.90 Å². The summed E-state index contributed by atoms with van der Waals surface area (Å²) in [6, 6.07) is 7.56. The number of benzene rings is 1. The van der Waals surface area contributed by atoms with Crippen LogP contribution in [0, 0.1) is 19.8 Å². The first-order valence-corrected chi connectivity index (χ1v) is 8.05. The summed E-state index contributed by atoms with van der Waals surface area (Å²) in [6.45, 7) is 11.3. The van der Waals surface area contributed by atoms with Crippen molar-refractivity contribution in [2.24, 2.45) is 11.7 Å². The highest BCUT2D eigenvalue weighted by molar-refractivity contribution is 5.31. The molecule has 2 unspecified atom stereocenters. The van der Waals surface area contributed by atoms with Gasteiger partial charge in [0, 0.05) is 18.6 Å². The molecule has 2 rings (SSSR count). The third kappa shape index (κ3) is 3.83. The van der Waals surface area contributed by atoms with Crippen LogP contribution in [0.1, 0.15) is 55.8 Å². The zero-order valence-corrected chi connectivity index (χ0v) is 13.5. The van der Waals surface area contributed by atoms with E-state index < -0.39 is 0 Å². The molecule has 1 aliphatic rings. The molecule has 0 bridgehead atoms. The first-order valence-electron chi connectivity index (χ1n) is 8.05. The summed E-state index contributed by atoms with van der Waals surface area (Å²) in [5.74, 6) is 0.689. The predicted molar refractivity (Wildman–Crippen MR) is 86.9 cm³/mol. The van der Waals surface area contributed by atoms with Crippen LogP contribution in [-0.2, 0) is 0 Å². The Labute approximate surface area is 124 Å². The van der Waals surface area contributed by atoms with Gasteiger partial charge in [0.2, 0.25) is 0 Å². The molecule has 2 heteroatoms. The highest BCUT2D eigenvalue weighted by Crippen LogP contribution is 2.31. The smallest absolute Gasteiger partial charge is 0.0499 e. The molecule has 2 N–H and O–H groups in total. The summed E-state index contributed by atoms with van der Waals surface area (Å²) in [5.41, 5.74) is 10.6. The van der Waals surface area contributed by atoms with Crippen molar-refractivity contribution in [3.05, 3.63) is 34.9 Å². The molecule has 2 atom stereocenters. The van der Waals surface area contributed by atoms with E-state index in [4.69, 9.17) is 5.73 Å². The Morgan fingerprint density at radius 1 is 1.15 bits per heavy atom. The molecule has 0 aromatic heterocycles. The minimum absolute atomic E-state index is 0.262. The van der Waals surface area contributed by atoms with Crippen molar-refractivity contribution >= 4 is 0 Å². The third-order valence-corrected chi connectivity index (χ3v) is 4.22. The molecular weight excluding hydrogens is 244 g/mol. The van der Waals surface area contributed by atoms with Crippen molar-refractivity contribution in [2.45, 2.75) is 59.0 Å². The fourth-order valence-corrected chi connectivity index (χ4v) is 3.58. The number of aryl methyl sites for hydroxylation is 2. The maximum atomic E-state index is 6.54. The maximum Gasteiger partial charge on any atom is 0.0499 e. The molecule has 1 aliphatic heterocycles. The Hall–Kier alpha value is -0.860. The average Bonchev–Trinajstić information content (AvgIpc) is 2.49. The molecule has 0 spiro atoms. The maximum absolute atomic E-state index is 6.54. The molecule has 0 amide bonds. The van der Waals surface area contributed by atoms with E-state index >= 15 is 0 Å². The monoisotopic (exact) mass is 274 g/mol. The Morgan fingerprint density at radius 3 is 2.40 bits per heavy atom. The van der Waals surface area contributed by atoms with Gasteiger partial charge in [-0.2, -0.15) is 0 Å². The van der Waals surface area contributed by atoms with Crippen LogP contribution in [-0.4, -0.2) is 24.0 Å². The molecule has 0 saturated carbocycles. The molecule has 1 saturated heterocycles. The van der Waals surface area contributed by atoms with Gasteiger partial charge in [-0.25, -0.2) is 0 Å². The van der Waals surface area contributed by atoms with Crippen molar-refractivity contribution in [2.75, 3.05) is 13.1 Å². The third-order valence-electron chi connectivity index (χ3n) is 4.22. The number of nitrogens with two attached hydrogens (primary N) is 1. The van der Waals surface area contributed by atoms with Gasteiger partial charge in [-0.3, -0.25) is 4.90 Å². The Balaban J connectivity index is 2.34. The molecule has 1 aromatic carbocycles. The predicted octanol–water partition coefficient (Wildman–Crippen LogP) is 3.81. The first-order chi connectivity index (χ1) is 9.47. The number of hydrogen-bond acceptors (Lipinski definition) is 2. The van der Waals surface area contributed by atoms with Crippen LogP contribution in [0.4, 0.5) is 0 Å². The van der Waals surface area contributed by atoms with Gasteiger partial charge < -0.3 is 5.73 Å². The summed E-state index contributed by atoms with van der Waals surface area (Å²) in [6.07, 6.45) is 3.69. The van der Waals surface area contributed by atoms with Gasteiger partial charge in [-0.1, -0.05) is 49.6 Å². The lowest BCUT2D eigenvalue weighted by atomic mass is 9.93. The molecular formula is C18H30N2. The van der Waals surface area contributed by atoms with E-state index in [9.17, 15) is 0 Å². The minimum atomic E-state index is 0.262. The molecule has 1 heterocycles. The Kier molecular flexibility index (Phi) is 5.22. The Morgan fingerprint density at radius 2 is 1.80 bits per heavy atom. The van der Waals surface area contributed by atoms with Gasteiger partial charge in [0.25, 0.3) is 0 Å². The molecule has 20 heavy (non-hydrogen) atoms. The lowest BCUT2D eigenvalue weighted by Crippen LogP contribution is -2.41. The SMILES string of the molecule is Cc1cc(C)cc(C2C(N)CCCCN2CC(C)C)c1. The van der Waals surface area contributed by atoms with Crippen molar-refractivity contribution in [3.63, 3.8) is 0 Å². The van der Waals surface area contributed by atoms with Crippen LogP contribution in [0.3, 0.4) is 0 Å². The minimum Gasteiger partial charge on any atom is -0.326 e. The number of hydrogen-bond donors (Lipinski definition) is 1. The average molecular weight is 274 g/mol. The molecule has 1 fully saturated rings. The van der Waals surface area contributed by atoms with Crippen LogP contribution >= 0.6 is 0 Å². The topological polar surface area (TPSA) is 29.3 Å². The van der Waals surface area contributed by atoms with E-state index in [1.54, 1.807) is 0 Å². The van der Waals surface area contributed by atoms with Crippen LogP contribution in [0.2, 0.25) is 0 Å². The van der Waals surface area contributed by atoms with Gasteiger partial charge in [0.15, 0.2) is 0 Å². The van der Waals surface area contributed by atoms with Gasteiger partial charge in [-0.15, -0.1) is 0 Å². The highest BCUT2D eigenvalue weighted by atomic mass is 15.2. The molecule has 0 radical (unpaired) electrons. The van der Waals surface area contributed by atoms with Crippen LogP contribution in [0.15, 0.2) is 18.2 Å². The second-order valence-corrected chi connectivity index (χ2v) is 6.91. The molecule has 0 aliphatic carbocycles. The van der Waals surface area contributed by atoms with E-state index in [-0.39, 0.29) is 6.04 Å². The zero-order valence-electron chi connectivity index (χ0n) is 13.5. The van der Waals surface area contributed by atoms with Gasteiger partial charge >= 0.3 is 0 Å². The van der Waals surface area contributed by atoms with Crippen molar-refractivity contribution < 1.29 is 0 Å². The van der Waals surface area contributed by atoms with Gasteiger partial charge in [0.05, 0.1) is 0 Å². The lowest BCUT2D eigenvalue weighted by molar-refractivity contribution is 0.165.